The van der Waals surface area contributed by atoms with Crippen LogP contribution in [0.25, 0.3) is 0 Å². The number of phenolic OH excluding ortho intramolecular Hbond substituents is 1. The maximum Gasteiger partial charge on any atom is 0.245 e. The summed E-state index contributed by atoms with van der Waals surface area (Å²) < 4.78 is 0. The third-order valence-electron chi connectivity index (χ3n) is 4.96. The molecule has 0 aliphatic rings. The van der Waals surface area contributed by atoms with Crippen molar-refractivity contribution in [3.05, 3.63) is 65.7 Å². The van der Waals surface area contributed by atoms with Crippen molar-refractivity contribution in [1.82, 2.24) is 10.6 Å². The first kappa shape index (κ1) is 24.1. The second-order valence-electron chi connectivity index (χ2n) is 7.92. The van der Waals surface area contributed by atoms with Gasteiger partial charge in [0, 0.05) is 24.7 Å². The Kier molecular flexibility index (Phi) is 9.75. The molecule has 0 unspecified atom stereocenters. The number of hydrogen-bond acceptors (Lipinski definition) is 4. The van der Waals surface area contributed by atoms with Gasteiger partial charge in [-0.2, -0.15) is 0 Å². The molecule has 2 atom stereocenters. The Morgan fingerprint density at radius 1 is 1.03 bits per heavy atom. The van der Waals surface area contributed by atoms with Gasteiger partial charge in [0.1, 0.15) is 17.8 Å². The van der Waals surface area contributed by atoms with E-state index in [9.17, 15) is 14.7 Å². The molecular formula is C25H33N3O3. The first-order chi connectivity index (χ1) is 14.9. The largest absolute Gasteiger partial charge is 0.507 e. The maximum absolute atomic E-state index is 13.1. The number of nitrogens with zero attached hydrogens (tertiary/aromatic N) is 1. The van der Waals surface area contributed by atoms with Gasteiger partial charge in [0.2, 0.25) is 11.8 Å². The van der Waals surface area contributed by atoms with Crippen LogP contribution >= 0.6 is 0 Å². The standard InChI is InChI=1S/C25H33N3O3/c1-4-5-15-26-24(30)21(16-19-11-7-6-8-12-19)28-25(31)23(18(2)3)27-17-20-13-9-10-14-22(20)29/h6-14,17-18,21,23,29H,4-5,15-16H2,1-3H3,(H,26,30)(H,28,31)/t21-,23+/m1/s1. The highest BCUT2D eigenvalue weighted by Crippen LogP contribution is 2.15. The second-order valence-corrected chi connectivity index (χ2v) is 7.92. The summed E-state index contributed by atoms with van der Waals surface area (Å²) in [7, 11) is 0. The molecule has 0 saturated heterocycles. The Labute approximate surface area is 184 Å². The van der Waals surface area contributed by atoms with Crippen molar-refractivity contribution < 1.29 is 14.7 Å². The second kappa shape index (κ2) is 12.5. The molecule has 0 aliphatic carbocycles. The lowest BCUT2D eigenvalue weighted by molar-refractivity contribution is -0.130. The summed E-state index contributed by atoms with van der Waals surface area (Å²) in [5.74, 6) is -0.486. The number of hydrogen-bond donors (Lipinski definition) is 3. The Hall–Kier alpha value is -3.15. The number of carbonyl (C=O) groups is 2. The molecule has 3 N–H and O–H groups in total. The maximum atomic E-state index is 13.1. The van der Waals surface area contributed by atoms with Crippen molar-refractivity contribution in [2.45, 2.75) is 52.1 Å². The molecule has 0 heterocycles. The van der Waals surface area contributed by atoms with Gasteiger partial charge in [0.15, 0.2) is 0 Å². The summed E-state index contributed by atoms with van der Waals surface area (Å²) in [6.45, 7) is 6.45. The van der Waals surface area contributed by atoms with Gasteiger partial charge in [0.25, 0.3) is 0 Å². The number of carbonyl (C=O) groups excluding carboxylic acids is 2. The van der Waals surface area contributed by atoms with Crippen molar-refractivity contribution >= 4 is 18.0 Å². The van der Waals surface area contributed by atoms with Gasteiger partial charge in [-0.15, -0.1) is 0 Å². The third kappa shape index (κ3) is 7.89. The number of phenols is 1. The average Bonchev–Trinajstić information content (AvgIpc) is 2.75. The van der Waals surface area contributed by atoms with E-state index in [0.717, 1.165) is 18.4 Å². The molecule has 2 aromatic carbocycles. The topological polar surface area (TPSA) is 90.8 Å². The highest BCUT2D eigenvalue weighted by Gasteiger charge is 2.27. The number of amides is 2. The third-order valence-corrected chi connectivity index (χ3v) is 4.96. The van der Waals surface area contributed by atoms with Crippen molar-refractivity contribution in [1.29, 1.82) is 0 Å². The number of para-hydroxylation sites is 1. The molecule has 2 amide bonds. The zero-order chi connectivity index (χ0) is 22.6. The number of rotatable bonds is 11. The lowest BCUT2D eigenvalue weighted by Gasteiger charge is -2.22. The first-order valence-electron chi connectivity index (χ1n) is 10.9. The van der Waals surface area contributed by atoms with Gasteiger partial charge in [-0.25, -0.2) is 0 Å². The van der Waals surface area contributed by atoms with Crippen molar-refractivity contribution in [3.8, 4) is 5.75 Å². The van der Waals surface area contributed by atoms with Crippen LogP contribution in [0.1, 0.15) is 44.7 Å². The van der Waals surface area contributed by atoms with Crippen LogP contribution in [0.2, 0.25) is 0 Å². The molecule has 6 nitrogen and oxygen atoms in total. The minimum Gasteiger partial charge on any atom is -0.507 e. The Morgan fingerprint density at radius 3 is 2.35 bits per heavy atom. The van der Waals surface area contributed by atoms with Gasteiger partial charge in [-0.1, -0.05) is 69.7 Å². The lowest BCUT2D eigenvalue weighted by Crippen LogP contribution is -2.51. The van der Waals surface area contributed by atoms with E-state index in [0.29, 0.717) is 18.5 Å². The summed E-state index contributed by atoms with van der Waals surface area (Å²) in [4.78, 5) is 30.3. The molecule has 6 heteroatoms. The molecule has 0 aromatic heterocycles. The van der Waals surface area contributed by atoms with E-state index < -0.39 is 12.1 Å². The van der Waals surface area contributed by atoms with Gasteiger partial charge >= 0.3 is 0 Å². The first-order valence-corrected chi connectivity index (χ1v) is 10.9. The molecule has 166 valence electrons. The molecule has 2 rings (SSSR count). The summed E-state index contributed by atoms with van der Waals surface area (Å²) >= 11 is 0. The van der Waals surface area contributed by atoms with E-state index in [1.54, 1.807) is 24.3 Å². The van der Waals surface area contributed by atoms with Gasteiger partial charge in [-0.3, -0.25) is 14.6 Å². The molecular weight excluding hydrogens is 390 g/mol. The van der Waals surface area contributed by atoms with Crippen LogP contribution in [0, 0.1) is 5.92 Å². The highest BCUT2D eigenvalue weighted by atomic mass is 16.3. The van der Waals surface area contributed by atoms with E-state index in [1.807, 2.05) is 44.2 Å². The minimum absolute atomic E-state index is 0.0809. The fourth-order valence-electron chi connectivity index (χ4n) is 3.13. The lowest BCUT2D eigenvalue weighted by atomic mass is 10.0. The van der Waals surface area contributed by atoms with Gasteiger partial charge in [0.05, 0.1) is 0 Å². The summed E-state index contributed by atoms with van der Waals surface area (Å²) in [6.07, 6.45) is 3.77. The summed E-state index contributed by atoms with van der Waals surface area (Å²) in [5.41, 5.74) is 1.51. The monoisotopic (exact) mass is 423 g/mol. The molecule has 31 heavy (non-hydrogen) atoms. The normalized spacial score (nSPS) is 13.2. The Bertz CT molecular complexity index is 865. The van der Waals surface area contributed by atoms with Crippen LogP contribution < -0.4 is 10.6 Å². The van der Waals surface area contributed by atoms with Crippen LogP contribution in [-0.2, 0) is 16.0 Å². The smallest absolute Gasteiger partial charge is 0.245 e. The number of benzene rings is 2. The Balaban J connectivity index is 2.15. The highest BCUT2D eigenvalue weighted by molar-refractivity contribution is 5.92. The summed E-state index contributed by atoms with van der Waals surface area (Å²) in [6, 6.07) is 15.1. The molecule has 0 saturated carbocycles. The minimum atomic E-state index is -0.687. The molecule has 0 fully saturated rings. The molecule has 0 aliphatic heterocycles. The predicted molar refractivity (Wildman–Crippen MR) is 124 cm³/mol. The number of unbranched alkanes of at least 4 members (excludes halogenated alkanes) is 1. The van der Waals surface area contributed by atoms with Crippen molar-refractivity contribution in [2.75, 3.05) is 6.54 Å². The molecule has 2 aromatic rings. The Morgan fingerprint density at radius 2 is 1.71 bits per heavy atom. The van der Waals surface area contributed by atoms with E-state index in [4.69, 9.17) is 0 Å². The van der Waals surface area contributed by atoms with Crippen LogP contribution in [0.3, 0.4) is 0 Å². The zero-order valence-electron chi connectivity index (χ0n) is 18.5. The van der Waals surface area contributed by atoms with Crippen LogP contribution in [0.5, 0.6) is 5.75 Å². The van der Waals surface area contributed by atoms with E-state index in [1.165, 1.54) is 6.21 Å². The van der Waals surface area contributed by atoms with Crippen molar-refractivity contribution in [3.63, 3.8) is 0 Å². The van der Waals surface area contributed by atoms with E-state index >= 15 is 0 Å². The molecule has 0 spiro atoms. The number of aliphatic imine (C=N–C) groups is 1. The number of nitrogens with one attached hydrogen (secondary N) is 2. The zero-order valence-corrected chi connectivity index (χ0v) is 18.5. The number of aromatic hydroxyl groups is 1. The SMILES string of the molecule is CCCCNC(=O)[C@@H](Cc1ccccc1)NC(=O)[C@@H](N=Cc1ccccc1O)C(C)C. The van der Waals surface area contributed by atoms with E-state index in [2.05, 4.69) is 22.5 Å². The van der Waals surface area contributed by atoms with Crippen LogP contribution in [0.15, 0.2) is 59.6 Å². The van der Waals surface area contributed by atoms with Crippen LogP contribution in [0.4, 0.5) is 0 Å². The fourth-order valence-corrected chi connectivity index (χ4v) is 3.13. The summed E-state index contributed by atoms with van der Waals surface area (Å²) in [5, 5.41) is 15.8. The van der Waals surface area contributed by atoms with Crippen molar-refractivity contribution in [2.24, 2.45) is 10.9 Å². The average molecular weight is 424 g/mol. The van der Waals surface area contributed by atoms with Crippen LogP contribution in [-0.4, -0.2) is 41.8 Å². The molecule has 0 bridgehead atoms. The van der Waals surface area contributed by atoms with Gasteiger partial charge in [-0.05, 0) is 30.0 Å². The quantitative estimate of drug-likeness (QED) is 0.382. The molecule has 0 radical (unpaired) electrons. The van der Waals surface area contributed by atoms with E-state index in [-0.39, 0.29) is 23.5 Å². The fraction of sp³-hybridized carbons (Fsp3) is 0.400. The van der Waals surface area contributed by atoms with Gasteiger partial charge < -0.3 is 15.7 Å². The predicted octanol–water partition coefficient (Wildman–Crippen LogP) is 3.48.